The average molecular weight is 381 g/mol. The van der Waals surface area contributed by atoms with Gasteiger partial charge in [0.25, 0.3) is 5.91 Å². The molecule has 0 unspecified atom stereocenters. The van der Waals surface area contributed by atoms with Gasteiger partial charge in [-0.2, -0.15) is 0 Å². The topological polar surface area (TPSA) is 41.6 Å². The van der Waals surface area contributed by atoms with Crippen LogP contribution in [0.2, 0.25) is 0 Å². The molecule has 1 amide bonds. The molecule has 1 saturated heterocycles. The van der Waals surface area contributed by atoms with Crippen molar-refractivity contribution in [2.24, 2.45) is 0 Å². The normalized spacial score (nSPS) is 14.6. The van der Waals surface area contributed by atoms with E-state index in [4.69, 9.17) is 4.74 Å². The van der Waals surface area contributed by atoms with E-state index < -0.39 is 0 Å². The van der Waals surface area contributed by atoms with E-state index in [0.717, 1.165) is 24.5 Å². The summed E-state index contributed by atoms with van der Waals surface area (Å²) < 4.78 is 5.67. The summed E-state index contributed by atoms with van der Waals surface area (Å²) in [5, 5.41) is 2.92. The molecule has 0 atom stereocenters. The number of anilines is 2. The number of carbonyl (C=O) groups excluding carboxylic acids is 1. The number of hydrogen-bond donors (Lipinski definition) is 1. The summed E-state index contributed by atoms with van der Waals surface area (Å²) in [6.07, 6.45) is 5.16. The first-order chi connectivity index (χ1) is 13.5. The van der Waals surface area contributed by atoms with E-state index in [0.29, 0.717) is 5.92 Å². The number of nitrogens with one attached hydrogen (secondary N) is 1. The van der Waals surface area contributed by atoms with Crippen LogP contribution < -0.4 is 15.0 Å². The molecule has 1 aliphatic rings. The zero-order valence-corrected chi connectivity index (χ0v) is 17.3. The van der Waals surface area contributed by atoms with Crippen molar-refractivity contribution < 1.29 is 9.53 Å². The van der Waals surface area contributed by atoms with Gasteiger partial charge in [-0.25, -0.2) is 0 Å². The predicted octanol–water partition coefficient (Wildman–Crippen LogP) is 5.52. The quantitative estimate of drug-likeness (QED) is 0.718. The van der Waals surface area contributed by atoms with E-state index in [9.17, 15) is 4.79 Å². The van der Waals surface area contributed by atoms with Crippen molar-refractivity contribution in [3.63, 3.8) is 0 Å². The van der Waals surface area contributed by atoms with Gasteiger partial charge in [-0.1, -0.05) is 32.8 Å². The average Bonchev–Trinajstić information content (AvgIpc) is 2.96. The third-order valence-corrected chi connectivity index (χ3v) is 5.36. The van der Waals surface area contributed by atoms with E-state index in [1.54, 1.807) is 0 Å². The van der Waals surface area contributed by atoms with Gasteiger partial charge in [0.05, 0.1) is 0 Å². The van der Waals surface area contributed by atoms with Crippen molar-refractivity contribution in [3.8, 4) is 5.75 Å². The summed E-state index contributed by atoms with van der Waals surface area (Å²) in [7, 11) is 0. The fourth-order valence-electron chi connectivity index (χ4n) is 3.82. The van der Waals surface area contributed by atoms with Crippen LogP contribution in [0.4, 0.5) is 11.4 Å². The predicted molar refractivity (Wildman–Crippen MR) is 117 cm³/mol. The van der Waals surface area contributed by atoms with Crippen molar-refractivity contribution in [1.82, 2.24) is 0 Å². The summed E-state index contributed by atoms with van der Waals surface area (Å²) in [5.74, 6) is 1.07. The molecule has 0 radical (unpaired) electrons. The number of benzene rings is 2. The Labute approximate surface area is 168 Å². The lowest BCUT2D eigenvalue weighted by molar-refractivity contribution is -0.118. The summed E-state index contributed by atoms with van der Waals surface area (Å²) in [4.78, 5) is 14.7. The molecule has 1 N–H and O–H groups in total. The van der Waals surface area contributed by atoms with E-state index in [1.165, 1.54) is 42.5 Å². The highest BCUT2D eigenvalue weighted by Crippen LogP contribution is 2.24. The second-order valence-corrected chi connectivity index (χ2v) is 7.96. The smallest absolute Gasteiger partial charge is 0.262 e. The SMILES string of the molecule is Cc1cc(OCC(=O)Nc2ccc(N3CCCCCC3)cc2)ccc1C(C)C. The molecule has 4 heteroatoms. The Morgan fingerprint density at radius 2 is 1.71 bits per heavy atom. The highest BCUT2D eigenvalue weighted by Gasteiger charge is 2.11. The number of hydrogen-bond acceptors (Lipinski definition) is 3. The van der Waals surface area contributed by atoms with Gasteiger partial charge in [0.15, 0.2) is 6.61 Å². The zero-order chi connectivity index (χ0) is 19.9. The van der Waals surface area contributed by atoms with Crippen LogP contribution in [0.3, 0.4) is 0 Å². The monoisotopic (exact) mass is 380 g/mol. The van der Waals surface area contributed by atoms with Crippen LogP contribution in [0.25, 0.3) is 0 Å². The molecule has 1 aliphatic heterocycles. The summed E-state index contributed by atoms with van der Waals surface area (Å²) >= 11 is 0. The Morgan fingerprint density at radius 3 is 2.32 bits per heavy atom. The molecule has 150 valence electrons. The molecule has 1 heterocycles. The van der Waals surface area contributed by atoms with Crippen LogP contribution in [0.5, 0.6) is 5.75 Å². The minimum Gasteiger partial charge on any atom is -0.484 e. The molecular weight excluding hydrogens is 348 g/mol. The first-order valence-electron chi connectivity index (χ1n) is 10.4. The summed E-state index contributed by atoms with van der Waals surface area (Å²) in [5.41, 5.74) is 4.54. The first-order valence-corrected chi connectivity index (χ1v) is 10.4. The molecule has 2 aromatic rings. The van der Waals surface area contributed by atoms with Crippen LogP contribution in [0, 0.1) is 6.92 Å². The Bertz CT molecular complexity index is 776. The van der Waals surface area contributed by atoms with Gasteiger partial charge in [-0.05, 0) is 73.2 Å². The van der Waals surface area contributed by atoms with Crippen LogP contribution in [0.15, 0.2) is 42.5 Å². The number of ether oxygens (including phenoxy) is 1. The number of rotatable bonds is 6. The second kappa shape index (κ2) is 9.63. The molecule has 2 aromatic carbocycles. The van der Waals surface area contributed by atoms with Crippen LogP contribution in [0.1, 0.15) is 56.6 Å². The van der Waals surface area contributed by atoms with Gasteiger partial charge >= 0.3 is 0 Å². The third kappa shape index (κ3) is 5.51. The van der Waals surface area contributed by atoms with E-state index >= 15 is 0 Å². The highest BCUT2D eigenvalue weighted by molar-refractivity contribution is 5.92. The Balaban J connectivity index is 1.51. The molecule has 0 aliphatic carbocycles. The maximum atomic E-state index is 12.2. The van der Waals surface area contributed by atoms with E-state index in [-0.39, 0.29) is 12.5 Å². The standard InChI is InChI=1S/C24H32N2O2/c1-18(2)23-13-12-22(16-19(23)3)28-17-24(27)25-20-8-10-21(11-9-20)26-14-6-4-5-7-15-26/h8-13,16,18H,4-7,14-15,17H2,1-3H3,(H,25,27). The van der Waals surface area contributed by atoms with Crippen molar-refractivity contribution in [2.75, 3.05) is 29.9 Å². The molecule has 28 heavy (non-hydrogen) atoms. The number of amides is 1. The van der Waals surface area contributed by atoms with Crippen molar-refractivity contribution >= 4 is 17.3 Å². The van der Waals surface area contributed by atoms with Gasteiger partial charge in [0.1, 0.15) is 5.75 Å². The lowest BCUT2D eigenvalue weighted by Gasteiger charge is -2.22. The molecule has 0 saturated carbocycles. The minimum atomic E-state index is -0.145. The largest absolute Gasteiger partial charge is 0.484 e. The number of nitrogens with zero attached hydrogens (tertiary/aromatic N) is 1. The maximum Gasteiger partial charge on any atom is 0.262 e. The molecular formula is C24H32N2O2. The van der Waals surface area contributed by atoms with Gasteiger partial charge < -0.3 is 15.0 Å². The summed E-state index contributed by atoms with van der Waals surface area (Å²) in [6, 6.07) is 14.1. The number of carbonyl (C=O) groups is 1. The van der Waals surface area contributed by atoms with E-state index in [2.05, 4.69) is 49.2 Å². The van der Waals surface area contributed by atoms with Crippen molar-refractivity contribution in [1.29, 1.82) is 0 Å². The number of aryl methyl sites for hydroxylation is 1. The maximum absolute atomic E-state index is 12.2. The van der Waals surface area contributed by atoms with Crippen LogP contribution in [-0.4, -0.2) is 25.6 Å². The Kier molecular flexibility index (Phi) is 6.96. The second-order valence-electron chi connectivity index (χ2n) is 7.96. The fraction of sp³-hybridized carbons (Fsp3) is 0.458. The fourth-order valence-corrected chi connectivity index (χ4v) is 3.82. The molecule has 1 fully saturated rings. The third-order valence-electron chi connectivity index (χ3n) is 5.36. The van der Waals surface area contributed by atoms with Crippen molar-refractivity contribution in [2.45, 2.75) is 52.4 Å². The van der Waals surface area contributed by atoms with Crippen LogP contribution >= 0.6 is 0 Å². The van der Waals surface area contributed by atoms with Gasteiger partial charge in [0.2, 0.25) is 0 Å². The first kappa shape index (κ1) is 20.2. The minimum absolute atomic E-state index is 0.00828. The van der Waals surface area contributed by atoms with Gasteiger partial charge in [0, 0.05) is 24.5 Å². The lowest BCUT2D eigenvalue weighted by atomic mass is 9.98. The Morgan fingerprint density at radius 1 is 1.04 bits per heavy atom. The van der Waals surface area contributed by atoms with Crippen LogP contribution in [-0.2, 0) is 4.79 Å². The molecule has 0 bridgehead atoms. The highest BCUT2D eigenvalue weighted by atomic mass is 16.5. The lowest BCUT2D eigenvalue weighted by Crippen LogP contribution is -2.24. The van der Waals surface area contributed by atoms with Crippen molar-refractivity contribution in [3.05, 3.63) is 53.6 Å². The molecule has 3 rings (SSSR count). The zero-order valence-electron chi connectivity index (χ0n) is 17.3. The van der Waals surface area contributed by atoms with Gasteiger partial charge in [-0.15, -0.1) is 0 Å². The Hall–Kier alpha value is -2.49. The molecule has 0 spiro atoms. The van der Waals surface area contributed by atoms with E-state index in [1.807, 2.05) is 24.3 Å². The summed E-state index contributed by atoms with van der Waals surface area (Å²) in [6.45, 7) is 8.68. The molecule has 4 nitrogen and oxygen atoms in total. The molecule has 0 aromatic heterocycles. The van der Waals surface area contributed by atoms with Gasteiger partial charge in [-0.3, -0.25) is 4.79 Å².